The van der Waals surface area contributed by atoms with E-state index in [2.05, 4.69) is 55.6 Å². The van der Waals surface area contributed by atoms with Crippen LogP contribution in [0, 0.1) is 20.8 Å². The molecule has 1 heterocycles. The van der Waals surface area contributed by atoms with Crippen LogP contribution in [0.4, 0.5) is 5.69 Å². The van der Waals surface area contributed by atoms with Crippen molar-refractivity contribution < 1.29 is 4.79 Å². The van der Waals surface area contributed by atoms with Gasteiger partial charge in [0.25, 0.3) is 5.91 Å². The fourth-order valence-electron chi connectivity index (χ4n) is 4.05. The van der Waals surface area contributed by atoms with Crippen molar-refractivity contribution in [3.05, 3.63) is 113 Å². The Bertz CT molecular complexity index is 1500. The highest BCUT2D eigenvalue weighted by Gasteiger charge is 2.18. The molecule has 0 atom stereocenters. The maximum Gasteiger partial charge on any atom is 0.276 e. The van der Waals surface area contributed by atoms with E-state index in [0.717, 1.165) is 39.1 Å². The minimum absolute atomic E-state index is 0.229. The third kappa shape index (κ3) is 4.03. The number of hydrogen-bond acceptors (Lipinski definition) is 2. The number of carbonyl (C=O) groups excluding carboxylic acids is 1. The van der Waals surface area contributed by atoms with Crippen LogP contribution in [-0.4, -0.2) is 15.7 Å². The topological polar surface area (TPSA) is 46.9 Å². The number of benzene rings is 4. The summed E-state index contributed by atoms with van der Waals surface area (Å²) in [5.74, 6) is -0.229. The summed E-state index contributed by atoms with van der Waals surface area (Å²) >= 11 is 0. The fourth-order valence-corrected chi connectivity index (χ4v) is 4.05. The molecule has 0 aliphatic heterocycles. The second-order valence-electron chi connectivity index (χ2n) is 8.43. The van der Waals surface area contributed by atoms with Crippen molar-refractivity contribution in [2.24, 2.45) is 0 Å². The molecule has 0 aliphatic carbocycles. The van der Waals surface area contributed by atoms with Crippen molar-refractivity contribution in [1.82, 2.24) is 9.78 Å². The number of amides is 1. The van der Waals surface area contributed by atoms with Gasteiger partial charge in [0, 0.05) is 11.3 Å². The van der Waals surface area contributed by atoms with Crippen molar-refractivity contribution in [2.75, 3.05) is 5.32 Å². The Morgan fingerprint density at radius 1 is 0.727 bits per heavy atom. The number of fused-ring (bicyclic) bond motifs is 1. The van der Waals surface area contributed by atoms with Crippen molar-refractivity contribution in [3.8, 4) is 16.9 Å². The first-order valence-electron chi connectivity index (χ1n) is 11.0. The number of nitrogens with zero attached hydrogens (tertiary/aromatic N) is 2. The lowest BCUT2D eigenvalue weighted by atomic mass is 10.0. The largest absolute Gasteiger partial charge is 0.321 e. The van der Waals surface area contributed by atoms with E-state index < -0.39 is 0 Å². The SMILES string of the molecule is Cc1ccc(NC(=O)c2cc(-c3ccc4ccccc4c3)n(-c3ccccc3C)n2)cc1C. The minimum Gasteiger partial charge on any atom is -0.321 e. The summed E-state index contributed by atoms with van der Waals surface area (Å²) in [4.78, 5) is 13.1. The summed E-state index contributed by atoms with van der Waals surface area (Å²) in [5, 5.41) is 10.1. The molecule has 4 nitrogen and oxygen atoms in total. The Morgan fingerprint density at radius 3 is 2.27 bits per heavy atom. The first-order valence-corrected chi connectivity index (χ1v) is 11.0. The average molecular weight is 432 g/mol. The second-order valence-corrected chi connectivity index (χ2v) is 8.43. The van der Waals surface area contributed by atoms with Gasteiger partial charge in [0.05, 0.1) is 11.4 Å². The van der Waals surface area contributed by atoms with Gasteiger partial charge in [-0.15, -0.1) is 0 Å². The van der Waals surface area contributed by atoms with E-state index in [1.165, 1.54) is 10.9 Å². The van der Waals surface area contributed by atoms with Crippen molar-refractivity contribution in [2.45, 2.75) is 20.8 Å². The maximum absolute atomic E-state index is 13.1. The van der Waals surface area contributed by atoms with Crippen molar-refractivity contribution >= 4 is 22.4 Å². The molecule has 0 fully saturated rings. The Labute approximate surface area is 193 Å². The van der Waals surface area contributed by atoms with Gasteiger partial charge in [-0.2, -0.15) is 5.10 Å². The number of rotatable bonds is 4. The van der Waals surface area contributed by atoms with Gasteiger partial charge in [-0.25, -0.2) is 4.68 Å². The minimum atomic E-state index is -0.229. The standard InChI is InChI=1S/C29H25N3O/c1-19-12-15-25(16-21(19)3)30-29(33)26-18-28(32(31-26)27-11-7-4-8-20(27)2)24-14-13-22-9-5-6-10-23(22)17-24/h4-18H,1-3H3,(H,30,33). The van der Waals surface area contributed by atoms with E-state index in [9.17, 15) is 4.79 Å². The molecular weight excluding hydrogens is 406 g/mol. The number of nitrogens with one attached hydrogen (secondary N) is 1. The highest BCUT2D eigenvalue weighted by atomic mass is 16.1. The zero-order valence-corrected chi connectivity index (χ0v) is 19.0. The molecule has 1 aromatic heterocycles. The average Bonchev–Trinajstić information content (AvgIpc) is 3.27. The second kappa shape index (κ2) is 8.40. The summed E-state index contributed by atoms with van der Waals surface area (Å²) in [7, 11) is 0. The molecule has 0 aliphatic rings. The number of aryl methyl sites for hydroxylation is 3. The summed E-state index contributed by atoms with van der Waals surface area (Å²) < 4.78 is 1.87. The predicted octanol–water partition coefficient (Wildman–Crippen LogP) is 6.87. The zero-order valence-electron chi connectivity index (χ0n) is 19.0. The molecule has 5 aromatic rings. The molecule has 0 saturated heterocycles. The lowest BCUT2D eigenvalue weighted by molar-refractivity contribution is 0.102. The van der Waals surface area contributed by atoms with E-state index in [1.807, 2.05) is 66.2 Å². The fraction of sp³-hybridized carbons (Fsp3) is 0.103. The van der Waals surface area contributed by atoms with Gasteiger partial charge >= 0.3 is 0 Å². The highest BCUT2D eigenvalue weighted by molar-refractivity contribution is 6.03. The van der Waals surface area contributed by atoms with E-state index in [1.54, 1.807) is 0 Å². The van der Waals surface area contributed by atoms with E-state index in [4.69, 9.17) is 5.10 Å². The van der Waals surface area contributed by atoms with Crippen LogP contribution >= 0.6 is 0 Å². The number of aromatic nitrogens is 2. The van der Waals surface area contributed by atoms with Crippen LogP contribution in [-0.2, 0) is 0 Å². The Balaban J connectivity index is 1.60. The molecule has 0 spiro atoms. The van der Waals surface area contributed by atoms with Gasteiger partial charge in [-0.3, -0.25) is 4.79 Å². The summed E-state index contributed by atoms with van der Waals surface area (Å²) in [6, 6.07) is 30.5. The van der Waals surface area contributed by atoms with Crippen molar-refractivity contribution in [1.29, 1.82) is 0 Å². The van der Waals surface area contributed by atoms with Gasteiger partial charge in [-0.1, -0.05) is 60.7 Å². The molecule has 1 amide bonds. The van der Waals surface area contributed by atoms with E-state index in [0.29, 0.717) is 5.69 Å². The maximum atomic E-state index is 13.1. The van der Waals surface area contributed by atoms with E-state index >= 15 is 0 Å². The quantitative estimate of drug-likeness (QED) is 0.337. The number of hydrogen-bond donors (Lipinski definition) is 1. The lowest BCUT2D eigenvalue weighted by Crippen LogP contribution is -2.13. The van der Waals surface area contributed by atoms with Gasteiger partial charge in [0.15, 0.2) is 5.69 Å². The Kier molecular flexibility index (Phi) is 5.27. The molecule has 33 heavy (non-hydrogen) atoms. The monoisotopic (exact) mass is 431 g/mol. The molecule has 0 radical (unpaired) electrons. The molecule has 1 N–H and O–H groups in total. The van der Waals surface area contributed by atoms with Gasteiger partial charge in [-0.05, 0) is 78.6 Å². The molecular formula is C29H25N3O. The third-order valence-corrected chi connectivity index (χ3v) is 6.10. The first-order chi connectivity index (χ1) is 16.0. The summed E-state index contributed by atoms with van der Waals surface area (Å²) in [6.45, 7) is 6.15. The van der Waals surface area contributed by atoms with Crippen LogP contribution in [0.25, 0.3) is 27.7 Å². The predicted molar refractivity (Wildman–Crippen MR) is 135 cm³/mol. The molecule has 162 valence electrons. The van der Waals surface area contributed by atoms with Crippen LogP contribution in [0.15, 0.2) is 91.0 Å². The molecule has 0 bridgehead atoms. The van der Waals surface area contributed by atoms with Crippen molar-refractivity contribution in [3.63, 3.8) is 0 Å². The van der Waals surface area contributed by atoms with Gasteiger partial charge in [0.1, 0.15) is 0 Å². The Hall–Kier alpha value is -4.18. The van der Waals surface area contributed by atoms with Gasteiger partial charge < -0.3 is 5.32 Å². The van der Waals surface area contributed by atoms with Crippen LogP contribution in [0.5, 0.6) is 0 Å². The van der Waals surface area contributed by atoms with Crippen LogP contribution < -0.4 is 5.32 Å². The van der Waals surface area contributed by atoms with Gasteiger partial charge in [0.2, 0.25) is 0 Å². The molecule has 4 aromatic carbocycles. The smallest absolute Gasteiger partial charge is 0.276 e. The third-order valence-electron chi connectivity index (χ3n) is 6.10. The normalized spacial score (nSPS) is 11.0. The first kappa shape index (κ1) is 20.7. The molecule has 5 rings (SSSR count). The zero-order chi connectivity index (χ0) is 22.9. The molecule has 0 saturated carbocycles. The highest BCUT2D eigenvalue weighted by Crippen LogP contribution is 2.29. The number of anilines is 1. The molecule has 4 heteroatoms. The Morgan fingerprint density at radius 2 is 1.48 bits per heavy atom. The summed E-state index contributed by atoms with van der Waals surface area (Å²) in [5.41, 5.74) is 7.38. The number of para-hydroxylation sites is 1. The molecule has 0 unspecified atom stereocenters. The lowest BCUT2D eigenvalue weighted by Gasteiger charge is -2.11. The van der Waals surface area contributed by atoms with Crippen LogP contribution in [0.1, 0.15) is 27.2 Å². The van der Waals surface area contributed by atoms with Crippen LogP contribution in [0.2, 0.25) is 0 Å². The van der Waals surface area contributed by atoms with E-state index in [-0.39, 0.29) is 5.91 Å². The van der Waals surface area contributed by atoms with Crippen LogP contribution in [0.3, 0.4) is 0 Å². The number of carbonyl (C=O) groups is 1. The summed E-state index contributed by atoms with van der Waals surface area (Å²) in [6.07, 6.45) is 0.